The molecule has 0 saturated carbocycles. The van der Waals surface area contributed by atoms with Gasteiger partial charge < -0.3 is 10.2 Å². The highest BCUT2D eigenvalue weighted by Crippen LogP contribution is 2.19. The first-order chi connectivity index (χ1) is 12.7. The Hall–Kier alpha value is -3.21. The van der Waals surface area contributed by atoms with Crippen molar-refractivity contribution < 1.29 is 4.79 Å². The largest absolute Gasteiger partial charge is 0.380 e. The molecule has 26 heavy (non-hydrogen) atoms. The van der Waals surface area contributed by atoms with E-state index in [2.05, 4.69) is 15.3 Å². The van der Waals surface area contributed by atoms with E-state index in [0.717, 1.165) is 22.5 Å². The van der Waals surface area contributed by atoms with Crippen LogP contribution in [0.2, 0.25) is 0 Å². The zero-order valence-corrected chi connectivity index (χ0v) is 15.0. The third kappa shape index (κ3) is 4.25. The van der Waals surface area contributed by atoms with Gasteiger partial charge in [0.1, 0.15) is 0 Å². The van der Waals surface area contributed by atoms with Gasteiger partial charge in [0.25, 0.3) is 5.91 Å². The highest BCUT2D eigenvalue weighted by molar-refractivity contribution is 6.06. The molecule has 0 radical (unpaired) electrons. The Morgan fingerprint density at radius 3 is 2.62 bits per heavy atom. The number of nitrogens with one attached hydrogen (secondary N) is 1. The monoisotopic (exact) mass is 346 g/mol. The SMILES string of the molecule is CCN(C(=O)c1cncc(NCc2ccncc2)c1)c1cccc(C)c1. The van der Waals surface area contributed by atoms with Crippen molar-refractivity contribution >= 4 is 17.3 Å². The number of rotatable bonds is 6. The number of anilines is 2. The molecule has 0 aliphatic rings. The molecule has 0 fully saturated rings. The number of carbonyl (C=O) groups excluding carboxylic acids is 1. The second-order valence-electron chi connectivity index (χ2n) is 6.06. The van der Waals surface area contributed by atoms with Gasteiger partial charge in [0, 0.05) is 43.6 Å². The number of pyridine rings is 2. The van der Waals surface area contributed by atoms with Crippen LogP contribution in [-0.4, -0.2) is 22.4 Å². The molecule has 5 heteroatoms. The third-order valence-electron chi connectivity index (χ3n) is 4.11. The Bertz CT molecular complexity index is 880. The average Bonchev–Trinajstić information content (AvgIpc) is 2.68. The number of hydrogen-bond donors (Lipinski definition) is 1. The lowest BCUT2D eigenvalue weighted by Crippen LogP contribution is -2.30. The number of aryl methyl sites for hydroxylation is 1. The maximum absolute atomic E-state index is 13.0. The van der Waals surface area contributed by atoms with Gasteiger partial charge in [-0.1, -0.05) is 12.1 Å². The molecule has 1 N–H and O–H groups in total. The van der Waals surface area contributed by atoms with E-state index in [1.54, 1.807) is 29.7 Å². The molecule has 1 aromatic carbocycles. The fourth-order valence-electron chi connectivity index (χ4n) is 2.75. The van der Waals surface area contributed by atoms with E-state index in [1.807, 2.05) is 56.3 Å². The molecular formula is C21H22N4O. The van der Waals surface area contributed by atoms with Gasteiger partial charge in [0.05, 0.1) is 11.3 Å². The van der Waals surface area contributed by atoms with Crippen molar-refractivity contribution in [2.45, 2.75) is 20.4 Å². The highest BCUT2D eigenvalue weighted by Gasteiger charge is 2.17. The zero-order valence-electron chi connectivity index (χ0n) is 15.0. The Morgan fingerprint density at radius 1 is 1.08 bits per heavy atom. The van der Waals surface area contributed by atoms with Gasteiger partial charge in [-0.2, -0.15) is 0 Å². The first kappa shape index (κ1) is 17.6. The summed E-state index contributed by atoms with van der Waals surface area (Å²) in [4.78, 5) is 23.0. The van der Waals surface area contributed by atoms with Gasteiger partial charge in [-0.15, -0.1) is 0 Å². The van der Waals surface area contributed by atoms with Crippen molar-refractivity contribution in [3.63, 3.8) is 0 Å². The summed E-state index contributed by atoms with van der Waals surface area (Å²) in [6.45, 7) is 5.24. The molecule has 0 bridgehead atoms. The van der Waals surface area contributed by atoms with Crippen LogP contribution in [0.4, 0.5) is 11.4 Å². The molecule has 1 amide bonds. The van der Waals surface area contributed by atoms with Crippen molar-refractivity contribution in [2.75, 3.05) is 16.8 Å². The smallest absolute Gasteiger partial charge is 0.259 e. The van der Waals surface area contributed by atoms with E-state index >= 15 is 0 Å². The van der Waals surface area contributed by atoms with Crippen LogP contribution < -0.4 is 10.2 Å². The van der Waals surface area contributed by atoms with Crippen molar-refractivity contribution in [2.24, 2.45) is 0 Å². The van der Waals surface area contributed by atoms with Crippen LogP contribution in [-0.2, 0) is 6.54 Å². The average molecular weight is 346 g/mol. The molecule has 0 aliphatic carbocycles. The van der Waals surface area contributed by atoms with Gasteiger partial charge in [-0.25, -0.2) is 0 Å². The molecule has 0 unspecified atom stereocenters. The van der Waals surface area contributed by atoms with E-state index < -0.39 is 0 Å². The summed E-state index contributed by atoms with van der Waals surface area (Å²) in [6, 6.07) is 13.7. The number of aromatic nitrogens is 2. The molecule has 2 aromatic heterocycles. The van der Waals surface area contributed by atoms with E-state index in [0.29, 0.717) is 18.7 Å². The summed E-state index contributed by atoms with van der Waals surface area (Å²) >= 11 is 0. The Kier molecular flexibility index (Phi) is 5.59. The summed E-state index contributed by atoms with van der Waals surface area (Å²) in [5.41, 5.74) is 4.51. The normalized spacial score (nSPS) is 10.4. The van der Waals surface area contributed by atoms with Gasteiger partial charge in [0.15, 0.2) is 0 Å². The van der Waals surface area contributed by atoms with Crippen LogP contribution in [0.3, 0.4) is 0 Å². The molecule has 2 heterocycles. The lowest BCUT2D eigenvalue weighted by atomic mass is 10.1. The number of nitrogens with zero attached hydrogens (tertiary/aromatic N) is 3. The Morgan fingerprint density at radius 2 is 1.88 bits per heavy atom. The van der Waals surface area contributed by atoms with E-state index in [-0.39, 0.29) is 5.91 Å². The first-order valence-electron chi connectivity index (χ1n) is 8.63. The third-order valence-corrected chi connectivity index (χ3v) is 4.11. The molecule has 132 valence electrons. The standard InChI is InChI=1S/C21H22N4O/c1-3-25(20-6-4-5-16(2)11-20)21(26)18-12-19(15-23-14-18)24-13-17-7-9-22-10-8-17/h4-12,14-15,24H,3,13H2,1-2H3. The van der Waals surface area contributed by atoms with Gasteiger partial charge in [-0.05, 0) is 55.3 Å². The van der Waals surface area contributed by atoms with Gasteiger partial charge in [-0.3, -0.25) is 14.8 Å². The second kappa shape index (κ2) is 8.25. The second-order valence-corrected chi connectivity index (χ2v) is 6.06. The van der Waals surface area contributed by atoms with Crippen LogP contribution >= 0.6 is 0 Å². The molecule has 0 atom stereocenters. The molecule has 5 nitrogen and oxygen atoms in total. The fourth-order valence-corrected chi connectivity index (χ4v) is 2.75. The summed E-state index contributed by atoms with van der Waals surface area (Å²) in [5.74, 6) is -0.0573. The summed E-state index contributed by atoms with van der Waals surface area (Å²) in [7, 11) is 0. The van der Waals surface area contributed by atoms with E-state index in [1.165, 1.54) is 0 Å². The van der Waals surface area contributed by atoms with Crippen LogP contribution in [0.15, 0.2) is 67.3 Å². The molecular weight excluding hydrogens is 324 g/mol. The summed E-state index contributed by atoms with van der Waals surface area (Å²) < 4.78 is 0. The first-order valence-corrected chi connectivity index (χ1v) is 8.63. The number of carbonyl (C=O) groups is 1. The zero-order chi connectivity index (χ0) is 18.4. The van der Waals surface area contributed by atoms with E-state index in [4.69, 9.17) is 0 Å². The molecule has 0 saturated heterocycles. The molecule has 0 spiro atoms. The van der Waals surface area contributed by atoms with Crippen LogP contribution in [0.25, 0.3) is 0 Å². The Balaban J connectivity index is 1.76. The minimum Gasteiger partial charge on any atom is -0.380 e. The minimum absolute atomic E-state index is 0.0573. The highest BCUT2D eigenvalue weighted by atomic mass is 16.2. The van der Waals surface area contributed by atoms with Crippen molar-refractivity contribution in [3.05, 3.63) is 83.9 Å². The minimum atomic E-state index is -0.0573. The number of hydrogen-bond acceptors (Lipinski definition) is 4. The van der Waals surface area contributed by atoms with E-state index in [9.17, 15) is 4.79 Å². The lowest BCUT2D eigenvalue weighted by molar-refractivity contribution is 0.0988. The number of amides is 1. The lowest BCUT2D eigenvalue weighted by Gasteiger charge is -2.21. The maximum atomic E-state index is 13.0. The fraction of sp³-hybridized carbons (Fsp3) is 0.190. The van der Waals surface area contributed by atoms with Crippen LogP contribution in [0, 0.1) is 6.92 Å². The maximum Gasteiger partial charge on any atom is 0.259 e. The molecule has 3 rings (SSSR count). The van der Waals surface area contributed by atoms with Crippen molar-refractivity contribution in [3.8, 4) is 0 Å². The van der Waals surface area contributed by atoms with Crippen molar-refractivity contribution in [1.82, 2.24) is 9.97 Å². The van der Waals surface area contributed by atoms with Crippen LogP contribution in [0.1, 0.15) is 28.4 Å². The quantitative estimate of drug-likeness (QED) is 0.731. The van der Waals surface area contributed by atoms with Crippen LogP contribution in [0.5, 0.6) is 0 Å². The Labute approximate surface area is 153 Å². The molecule has 0 aliphatic heterocycles. The molecule has 3 aromatic rings. The van der Waals surface area contributed by atoms with Gasteiger partial charge in [0.2, 0.25) is 0 Å². The predicted molar refractivity (Wildman–Crippen MR) is 104 cm³/mol. The predicted octanol–water partition coefficient (Wildman–Crippen LogP) is 4.06. The van der Waals surface area contributed by atoms with Gasteiger partial charge >= 0.3 is 0 Å². The van der Waals surface area contributed by atoms with Crippen molar-refractivity contribution in [1.29, 1.82) is 0 Å². The summed E-state index contributed by atoms with van der Waals surface area (Å²) in [5, 5.41) is 3.30. The summed E-state index contributed by atoms with van der Waals surface area (Å²) in [6.07, 6.45) is 6.85. The topological polar surface area (TPSA) is 58.1 Å². The number of benzene rings is 1.